The molecule has 0 saturated carbocycles. The van der Waals surface area contributed by atoms with Crippen LogP contribution in [0, 0.1) is 19.7 Å². The maximum Gasteiger partial charge on any atom is 0.240 e. The van der Waals surface area contributed by atoms with Crippen LogP contribution in [-0.4, -0.2) is 26.0 Å². The van der Waals surface area contributed by atoms with Crippen molar-refractivity contribution in [2.24, 2.45) is 0 Å². The van der Waals surface area contributed by atoms with Gasteiger partial charge >= 0.3 is 0 Å². The van der Waals surface area contributed by atoms with Crippen molar-refractivity contribution in [3.63, 3.8) is 0 Å². The van der Waals surface area contributed by atoms with E-state index in [0.29, 0.717) is 16.7 Å². The topological polar surface area (TPSA) is 81.1 Å². The summed E-state index contributed by atoms with van der Waals surface area (Å²) < 4.78 is 21.2. The summed E-state index contributed by atoms with van der Waals surface area (Å²) in [4.78, 5) is 13.4. The lowest BCUT2D eigenvalue weighted by molar-refractivity contribution is -0.116. The molecule has 0 spiro atoms. The molecule has 0 saturated heterocycles. The number of hydrogen-bond donors (Lipinski definition) is 2. The number of fused-ring (bicyclic) bond motifs is 1. The number of ether oxygens (including phenoxy) is 1. The van der Waals surface area contributed by atoms with E-state index < -0.39 is 11.3 Å². The Balaban J connectivity index is 1.42. The smallest absolute Gasteiger partial charge is 0.240 e. The Morgan fingerprint density at radius 2 is 1.83 bits per heavy atom. The quantitative estimate of drug-likeness (QED) is 0.396. The van der Waals surface area contributed by atoms with Crippen LogP contribution >= 0.6 is 11.8 Å². The molecular weight excluding hydrogens is 465 g/mol. The standard InChI is InChI=1S/C26H24FN5O2S/c1-16-8-13-20(14-17(16)2)28-25(33)24-23(18-9-11-19(27)12-10-18)31-32-22(29-30-26(32)35-24)15-34-21-6-4-3-5-7-21/h3-14,23-24,31H,15H2,1-2H3,(H,28,33)/t23-,24-/m1/s1. The normalized spacial score (nSPS) is 16.8. The van der Waals surface area contributed by atoms with E-state index in [1.807, 2.05) is 62.4 Å². The number of thioether (sulfide) groups is 1. The van der Waals surface area contributed by atoms with Gasteiger partial charge in [0.25, 0.3) is 0 Å². The van der Waals surface area contributed by atoms with Gasteiger partial charge in [0.05, 0.1) is 6.04 Å². The number of halogens is 1. The fourth-order valence-electron chi connectivity index (χ4n) is 3.81. The van der Waals surface area contributed by atoms with Crippen LogP contribution in [0.2, 0.25) is 0 Å². The van der Waals surface area contributed by atoms with Crippen molar-refractivity contribution >= 4 is 23.4 Å². The maximum atomic E-state index is 13.6. The van der Waals surface area contributed by atoms with Crippen molar-refractivity contribution in [3.05, 3.63) is 101 Å². The van der Waals surface area contributed by atoms with Gasteiger partial charge in [-0.1, -0.05) is 48.2 Å². The van der Waals surface area contributed by atoms with Gasteiger partial charge in [0, 0.05) is 5.69 Å². The van der Waals surface area contributed by atoms with Gasteiger partial charge in [-0.2, -0.15) is 0 Å². The number of nitrogens with one attached hydrogen (secondary N) is 2. The summed E-state index contributed by atoms with van der Waals surface area (Å²) in [6.45, 7) is 4.23. The van der Waals surface area contributed by atoms with Crippen LogP contribution in [0.5, 0.6) is 5.75 Å². The molecule has 2 N–H and O–H groups in total. The summed E-state index contributed by atoms with van der Waals surface area (Å²) in [6.07, 6.45) is 0. The van der Waals surface area contributed by atoms with Gasteiger partial charge in [-0.15, -0.1) is 10.2 Å². The molecule has 1 amide bonds. The Hall–Kier alpha value is -3.85. The fourth-order valence-corrected chi connectivity index (χ4v) is 4.91. The Bertz CT molecular complexity index is 1340. The van der Waals surface area contributed by atoms with Crippen molar-refractivity contribution in [1.29, 1.82) is 0 Å². The van der Waals surface area contributed by atoms with Crippen LogP contribution in [0.25, 0.3) is 0 Å². The zero-order valence-corrected chi connectivity index (χ0v) is 20.1. The molecule has 9 heteroatoms. The summed E-state index contributed by atoms with van der Waals surface area (Å²) in [5, 5.41) is 11.5. The number of para-hydroxylation sites is 1. The molecule has 35 heavy (non-hydrogen) atoms. The van der Waals surface area contributed by atoms with Gasteiger partial charge in [0.15, 0.2) is 5.82 Å². The van der Waals surface area contributed by atoms with Crippen molar-refractivity contribution in [1.82, 2.24) is 14.9 Å². The lowest BCUT2D eigenvalue weighted by atomic mass is 10.0. The number of carbonyl (C=O) groups is 1. The number of aryl methyl sites for hydroxylation is 2. The molecule has 2 atom stereocenters. The van der Waals surface area contributed by atoms with Crippen LogP contribution in [0.3, 0.4) is 0 Å². The number of nitrogens with zero attached hydrogens (tertiary/aromatic N) is 3. The van der Waals surface area contributed by atoms with Crippen molar-refractivity contribution in [3.8, 4) is 5.75 Å². The van der Waals surface area contributed by atoms with Gasteiger partial charge < -0.3 is 15.5 Å². The Labute approximate surface area is 206 Å². The second-order valence-electron chi connectivity index (χ2n) is 8.32. The number of carbonyl (C=O) groups excluding carboxylic acids is 1. The van der Waals surface area contributed by atoms with E-state index in [0.717, 1.165) is 22.4 Å². The highest BCUT2D eigenvalue weighted by Crippen LogP contribution is 2.38. The SMILES string of the molecule is Cc1ccc(NC(=O)[C@@H]2Sc3nnc(COc4ccccc4)n3N[C@@H]2c2ccc(F)cc2)cc1C. The van der Waals surface area contributed by atoms with E-state index in [9.17, 15) is 9.18 Å². The maximum absolute atomic E-state index is 13.6. The first-order valence-corrected chi connectivity index (χ1v) is 12.0. The first-order chi connectivity index (χ1) is 17.0. The van der Waals surface area contributed by atoms with Gasteiger partial charge in [-0.25, -0.2) is 9.07 Å². The van der Waals surface area contributed by atoms with E-state index in [2.05, 4.69) is 20.9 Å². The highest BCUT2D eigenvalue weighted by Gasteiger charge is 2.38. The lowest BCUT2D eigenvalue weighted by Gasteiger charge is -2.33. The molecule has 0 aliphatic carbocycles. The Morgan fingerprint density at radius 3 is 2.57 bits per heavy atom. The van der Waals surface area contributed by atoms with Crippen LogP contribution in [0.4, 0.5) is 10.1 Å². The zero-order chi connectivity index (χ0) is 24.4. The van der Waals surface area contributed by atoms with Crippen LogP contribution in [-0.2, 0) is 11.4 Å². The van der Waals surface area contributed by atoms with Gasteiger partial charge in [-0.05, 0) is 66.9 Å². The zero-order valence-electron chi connectivity index (χ0n) is 19.2. The lowest BCUT2D eigenvalue weighted by Crippen LogP contribution is -2.41. The third-order valence-electron chi connectivity index (χ3n) is 5.88. The second-order valence-corrected chi connectivity index (χ2v) is 9.43. The summed E-state index contributed by atoms with van der Waals surface area (Å²) >= 11 is 1.31. The summed E-state index contributed by atoms with van der Waals surface area (Å²) in [5.74, 6) is 0.761. The highest BCUT2D eigenvalue weighted by atomic mass is 32.2. The van der Waals surface area contributed by atoms with Gasteiger partial charge in [-0.3, -0.25) is 4.79 Å². The number of benzene rings is 3. The van der Waals surface area contributed by atoms with E-state index in [1.165, 1.54) is 23.9 Å². The van der Waals surface area contributed by atoms with E-state index in [4.69, 9.17) is 4.74 Å². The molecule has 2 heterocycles. The number of rotatable bonds is 6. The van der Waals surface area contributed by atoms with E-state index in [-0.39, 0.29) is 18.3 Å². The number of amides is 1. The summed E-state index contributed by atoms with van der Waals surface area (Å²) in [7, 11) is 0. The van der Waals surface area contributed by atoms with Crippen LogP contribution in [0.1, 0.15) is 28.6 Å². The summed E-state index contributed by atoms with van der Waals surface area (Å²) in [6, 6.07) is 20.9. The number of anilines is 1. The first kappa shape index (κ1) is 22.9. The molecule has 1 aliphatic heterocycles. The highest BCUT2D eigenvalue weighted by molar-refractivity contribution is 8.00. The minimum Gasteiger partial charge on any atom is -0.486 e. The average Bonchev–Trinajstić information content (AvgIpc) is 3.27. The van der Waals surface area contributed by atoms with E-state index >= 15 is 0 Å². The monoisotopic (exact) mass is 489 g/mol. The van der Waals surface area contributed by atoms with E-state index in [1.54, 1.807) is 16.8 Å². The Morgan fingerprint density at radius 1 is 1.06 bits per heavy atom. The molecule has 1 aromatic heterocycles. The Kier molecular flexibility index (Phi) is 6.41. The molecule has 0 fully saturated rings. The molecule has 7 nitrogen and oxygen atoms in total. The minimum absolute atomic E-state index is 0.184. The van der Waals surface area contributed by atoms with Crippen molar-refractivity contribution < 1.29 is 13.9 Å². The molecule has 5 rings (SSSR count). The molecule has 1 aliphatic rings. The number of hydrogen-bond acceptors (Lipinski definition) is 6. The van der Waals surface area contributed by atoms with Crippen molar-refractivity contribution in [2.45, 2.75) is 36.9 Å². The van der Waals surface area contributed by atoms with Crippen molar-refractivity contribution in [2.75, 3.05) is 10.7 Å². The van der Waals surface area contributed by atoms with Gasteiger partial charge in [0.1, 0.15) is 23.4 Å². The molecule has 178 valence electrons. The van der Waals surface area contributed by atoms with Gasteiger partial charge in [0.2, 0.25) is 11.1 Å². The molecule has 0 radical (unpaired) electrons. The predicted molar refractivity (Wildman–Crippen MR) is 133 cm³/mol. The fraction of sp³-hybridized carbons (Fsp3) is 0.192. The predicted octanol–water partition coefficient (Wildman–Crippen LogP) is 5.01. The largest absolute Gasteiger partial charge is 0.486 e. The minimum atomic E-state index is -0.568. The summed E-state index contributed by atoms with van der Waals surface area (Å²) in [5.41, 5.74) is 7.10. The third kappa shape index (κ3) is 5.00. The number of aromatic nitrogens is 3. The molecule has 0 unspecified atom stereocenters. The van der Waals surface area contributed by atoms with Crippen LogP contribution in [0.15, 0.2) is 78.0 Å². The average molecular weight is 490 g/mol. The second kappa shape index (κ2) is 9.79. The molecule has 3 aromatic carbocycles. The first-order valence-electron chi connectivity index (χ1n) is 11.2. The molecule has 4 aromatic rings. The van der Waals surface area contributed by atoms with Crippen LogP contribution < -0.4 is 15.5 Å². The molecule has 0 bridgehead atoms. The third-order valence-corrected chi connectivity index (χ3v) is 7.09. The molecular formula is C26H24FN5O2S.